The molecule has 0 atom stereocenters. The van der Waals surface area contributed by atoms with Gasteiger partial charge in [0, 0.05) is 12.2 Å². The fourth-order valence-electron chi connectivity index (χ4n) is 2.67. The highest BCUT2D eigenvalue weighted by Crippen LogP contribution is 2.14. The SMILES string of the molecule is Cc1cc(C)cc(NC(=O)CN(CCc2ccc(F)cc2)S(C)(=O)=O)c1. The molecule has 5 nitrogen and oxygen atoms in total. The van der Waals surface area contributed by atoms with Crippen molar-refractivity contribution in [1.82, 2.24) is 4.31 Å². The van der Waals surface area contributed by atoms with Crippen molar-refractivity contribution in [2.75, 3.05) is 24.7 Å². The van der Waals surface area contributed by atoms with Gasteiger partial charge in [-0.2, -0.15) is 4.31 Å². The van der Waals surface area contributed by atoms with Gasteiger partial charge in [0.05, 0.1) is 12.8 Å². The number of sulfonamides is 1. The van der Waals surface area contributed by atoms with E-state index in [0.29, 0.717) is 12.1 Å². The van der Waals surface area contributed by atoms with Crippen molar-refractivity contribution >= 4 is 21.6 Å². The molecular formula is C19H23FN2O3S. The van der Waals surface area contributed by atoms with Gasteiger partial charge in [-0.05, 0) is 61.2 Å². The molecule has 0 aliphatic heterocycles. The molecule has 0 bridgehead atoms. The summed E-state index contributed by atoms with van der Waals surface area (Å²) < 4.78 is 38.0. The van der Waals surface area contributed by atoms with Crippen molar-refractivity contribution in [3.63, 3.8) is 0 Å². The smallest absolute Gasteiger partial charge is 0.239 e. The number of aryl methyl sites for hydroxylation is 2. The molecule has 2 aromatic carbocycles. The Bertz CT molecular complexity index is 860. The zero-order valence-corrected chi connectivity index (χ0v) is 15.9. The van der Waals surface area contributed by atoms with Gasteiger partial charge in [0.15, 0.2) is 0 Å². The number of rotatable bonds is 7. The molecule has 0 unspecified atom stereocenters. The number of anilines is 1. The number of carbonyl (C=O) groups excluding carboxylic acids is 1. The number of hydrogen-bond acceptors (Lipinski definition) is 3. The second kappa shape index (κ2) is 8.42. The van der Waals surface area contributed by atoms with E-state index in [-0.39, 0.29) is 18.9 Å². The maximum atomic E-state index is 13.0. The van der Waals surface area contributed by atoms with Crippen LogP contribution in [0.3, 0.4) is 0 Å². The van der Waals surface area contributed by atoms with Gasteiger partial charge in [-0.15, -0.1) is 0 Å². The van der Waals surface area contributed by atoms with Crippen LogP contribution < -0.4 is 5.32 Å². The Morgan fingerprint density at radius 2 is 1.65 bits per heavy atom. The molecule has 26 heavy (non-hydrogen) atoms. The van der Waals surface area contributed by atoms with E-state index in [1.54, 1.807) is 12.1 Å². The average Bonchev–Trinajstić information content (AvgIpc) is 2.50. The van der Waals surface area contributed by atoms with Crippen molar-refractivity contribution in [2.24, 2.45) is 0 Å². The topological polar surface area (TPSA) is 66.5 Å². The fraction of sp³-hybridized carbons (Fsp3) is 0.316. The van der Waals surface area contributed by atoms with Crippen LogP contribution in [0.15, 0.2) is 42.5 Å². The predicted octanol–water partition coefficient (Wildman–Crippen LogP) is 2.89. The number of amides is 1. The van der Waals surface area contributed by atoms with Crippen LogP contribution in [0.1, 0.15) is 16.7 Å². The third-order valence-electron chi connectivity index (χ3n) is 3.86. The minimum absolute atomic E-state index is 0.144. The summed E-state index contributed by atoms with van der Waals surface area (Å²) in [5.41, 5.74) is 3.46. The number of hydrogen-bond donors (Lipinski definition) is 1. The van der Waals surface area contributed by atoms with Gasteiger partial charge in [0.1, 0.15) is 5.82 Å². The van der Waals surface area contributed by atoms with Crippen molar-refractivity contribution in [3.8, 4) is 0 Å². The Morgan fingerprint density at radius 3 is 2.19 bits per heavy atom. The van der Waals surface area contributed by atoms with Crippen LogP contribution in [0, 0.1) is 19.7 Å². The molecule has 0 radical (unpaired) electrons. The third-order valence-corrected chi connectivity index (χ3v) is 5.11. The molecule has 0 saturated heterocycles. The largest absolute Gasteiger partial charge is 0.325 e. The molecule has 140 valence electrons. The molecule has 7 heteroatoms. The van der Waals surface area contributed by atoms with E-state index in [1.165, 1.54) is 12.1 Å². The van der Waals surface area contributed by atoms with Gasteiger partial charge < -0.3 is 5.32 Å². The maximum Gasteiger partial charge on any atom is 0.239 e. The first-order valence-electron chi connectivity index (χ1n) is 8.21. The molecule has 0 spiro atoms. The van der Waals surface area contributed by atoms with Crippen LogP contribution in [-0.4, -0.2) is 38.0 Å². The highest BCUT2D eigenvalue weighted by molar-refractivity contribution is 7.88. The Hall–Kier alpha value is -2.25. The minimum atomic E-state index is -3.55. The summed E-state index contributed by atoms with van der Waals surface area (Å²) in [6.45, 7) is 3.72. The van der Waals surface area contributed by atoms with Crippen LogP contribution in [-0.2, 0) is 21.2 Å². The van der Waals surface area contributed by atoms with E-state index < -0.39 is 15.9 Å². The van der Waals surface area contributed by atoms with Crippen molar-refractivity contribution in [2.45, 2.75) is 20.3 Å². The van der Waals surface area contributed by atoms with E-state index >= 15 is 0 Å². The predicted molar refractivity (Wildman–Crippen MR) is 101 cm³/mol. The number of carbonyl (C=O) groups is 1. The molecule has 1 N–H and O–H groups in total. The lowest BCUT2D eigenvalue weighted by Gasteiger charge is -2.19. The number of nitrogens with zero attached hydrogens (tertiary/aromatic N) is 1. The Kier molecular flexibility index (Phi) is 6.50. The lowest BCUT2D eigenvalue weighted by atomic mass is 10.1. The number of halogens is 1. The van der Waals surface area contributed by atoms with E-state index in [0.717, 1.165) is 27.3 Å². The first-order valence-corrected chi connectivity index (χ1v) is 10.1. The molecule has 0 aliphatic rings. The van der Waals surface area contributed by atoms with Crippen LogP contribution in [0.4, 0.5) is 10.1 Å². The lowest BCUT2D eigenvalue weighted by Crippen LogP contribution is -2.38. The lowest BCUT2D eigenvalue weighted by molar-refractivity contribution is -0.116. The highest BCUT2D eigenvalue weighted by Gasteiger charge is 2.20. The summed E-state index contributed by atoms with van der Waals surface area (Å²) >= 11 is 0. The van der Waals surface area contributed by atoms with Crippen molar-refractivity contribution < 1.29 is 17.6 Å². The standard InChI is InChI=1S/C19H23FN2O3S/c1-14-10-15(2)12-18(11-14)21-19(23)13-22(26(3,24)25)9-8-16-4-6-17(20)7-5-16/h4-7,10-12H,8-9,13H2,1-3H3,(H,21,23). The monoisotopic (exact) mass is 378 g/mol. The summed E-state index contributed by atoms with van der Waals surface area (Å²) in [7, 11) is -3.55. The van der Waals surface area contributed by atoms with Gasteiger partial charge in [-0.3, -0.25) is 4.79 Å². The van der Waals surface area contributed by atoms with Gasteiger partial charge in [0.2, 0.25) is 15.9 Å². The second-order valence-corrected chi connectivity index (χ2v) is 8.38. The quantitative estimate of drug-likeness (QED) is 0.806. The molecule has 2 rings (SSSR count). The first-order chi connectivity index (χ1) is 12.1. The Labute approximate surface area is 153 Å². The Balaban J connectivity index is 2.02. The van der Waals surface area contributed by atoms with Crippen molar-refractivity contribution in [1.29, 1.82) is 0 Å². The molecule has 0 heterocycles. The Morgan fingerprint density at radius 1 is 1.08 bits per heavy atom. The molecule has 0 saturated carbocycles. The number of benzene rings is 2. The highest BCUT2D eigenvalue weighted by atomic mass is 32.2. The summed E-state index contributed by atoms with van der Waals surface area (Å²) in [5, 5.41) is 2.74. The van der Waals surface area contributed by atoms with E-state index in [9.17, 15) is 17.6 Å². The van der Waals surface area contributed by atoms with Crippen LogP contribution in [0.5, 0.6) is 0 Å². The molecule has 1 amide bonds. The first kappa shape index (κ1) is 20.1. The zero-order chi connectivity index (χ0) is 19.3. The summed E-state index contributed by atoms with van der Waals surface area (Å²) in [6, 6.07) is 11.5. The van der Waals surface area contributed by atoms with Gasteiger partial charge in [-0.25, -0.2) is 12.8 Å². The second-order valence-electron chi connectivity index (χ2n) is 6.40. The maximum absolute atomic E-state index is 13.0. The molecule has 0 aromatic heterocycles. The summed E-state index contributed by atoms with van der Waals surface area (Å²) in [6.07, 6.45) is 1.46. The normalized spacial score (nSPS) is 11.6. The van der Waals surface area contributed by atoms with Crippen LogP contribution in [0.2, 0.25) is 0 Å². The van der Waals surface area contributed by atoms with Crippen LogP contribution in [0.25, 0.3) is 0 Å². The van der Waals surface area contributed by atoms with Gasteiger partial charge in [0.25, 0.3) is 0 Å². The molecular weight excluding hydrogens is 355 g/mol. The van der Waals surface area contributed by atoms with E-state index in [1.807, 2.05) is 32.0 Å². The molecule has 0 aliphatic carbocycles. The third kappa shape index (κ3) is 6.24. The summed E-state index contributed by atoms with van der Waals surface area (Å²) in [5.74, 6) is -0.749. The minimum Gasteiger partial charge on any atom is -0.325 e. The molecule has 0 fully saturated rings. The fourth-order valence-corrected chi connectivity index (χ4v) is 3.45. The van der Waals surface area contributed by atoms with E-state index in [2.05, 4.69) is 5.32 Å². The zero-order valence-electron chi connectivity index (χ0n) is 15.1. The number of nitrogens with one attached hydrogen (secondary N) is 1. The average molecular weight is 378 g/mol. The molecule has 2 aromatic rings. The van der Waals surface area contributed by atoms with E-state index in [4.69, 9.17) is 0 Å². The van der Waals surface area contributed by atoms with Crippen molar-refractivity contribution in [3.05, 3.63) is 65.0 Å². The van der Waals surface area contributed by atoms with Gasteiger partial charge in [-0.1, -0.05) is 18.2 Å². The van der Waals surface area contributed by atoms with Gasteiger partial charge >= 0.3 is 0 Å². The van der Waals surface area contributed by atoms with Crippen LogP contribution >= 0.6 is 0 Å². The summed E-state index contributed by atoms with van der Waals surface area (Å²) in [4.78, 5) is 12.3.